The van der Waals surface area contributed by atoms with Gasteiger partial charge < -0.3 is 30.3 Å². The summed E-state index contributed by atoms with van der Waals surface area (Å²) in [5.41, 5.74) is 0.549. The number of aliphatic carboxylic acids is 1. The van der Waals surface area contributed by atoms with Crippen molar-refractivity contribution in [2.75, 3.05) is 38.1 Å². The second-order valence-electron chi connectivity index (χ2n) is 7.02. The highest BCUT2D eigenvalue weighted by atomic mass is 35.5. The molecule has 0 spiro atoms. The monoisotopic (exact) mass is 426 g/mol. The Kier molecular flexibility index (Phi) is 8.10. The topological polar surface area (TPSA) is 111 Å². The predicted octanol–water partition coefficient (Wildman–Crippen LogP) is 1.39. The fraction of sp³-hybridized carbons (Fsp3) is 0.526. The largest absolute Gasteiger partial charge is 0.482 e. The maximum atomic E-state index is 12.8. The van der Waals surface area contributed by atoms with Gasteiger partial charge in [0.1, 0.15) is 11.8 Å². The Labute approximate surface area is 175 Å². The minimum absolute atomic E-state index is 0. The molecule has 0 bridgehead atoms. The van der Waals surface area contributed by atoms with Gasteiger partial charge in [-0.1, -0.05) is 0 Å². The number of ether oxygens (including phenoxy) is 1. The van der Waals surface area contributed by atoms with Crippen LogP contribution in [-0.2, 0) is 9.59 Å². The fourth-order valence-electron chi connectivity index (χ4n) is 3.63. The van der Waals surface area contributed by atoms with Gasteiger partial charge in [0.2, 0.25) is 5.91 Å². The minimum Gasteiger partial charge on any atom is -0.482 e. The molecule has 2 saturated heterocycles. The van der Waals surface area contributed by atoms with Crippen molar-refractivity contribution in [2.45, 2.75) is 31.8 Å². The number of nitrogens with one attached hydrogen (secondary N) is 2. The summed E-state index contributed by atoms with van der Waals surface area (Å²) < 4.78 is 5.07. The van der Waals surface area contributed by atoms with Gasteiger partial charge in [-0.3, -0.25) is 4.79 Å². The van der Waals surface area contributed by atoms with E-state index in [0.717, 1.165) is 25.9 Å². The molecule has 2 aliphatic heterocycles. The van der Waals surface area contributed by atoms with Crippen LogP contribution in [0.1, 0.15) is 19.8 Å². The van der Waals surface area contributed by atoms with Gasteiger partial charge in [0, 0.05) is 24.8 Å². The van der Waals surface area contributed by atoms with Crippen molar-refractivity contribution in [3.8, 4) is 5.75 Å². The number of piperazine rings is 1. The van der Waals surface area contributed by atoms with Crippen LogP contribution in [0.4, 0.5) is 10.5 Å². The van der Waals surface area contributed by atoms with Crippen LogP contribution in [0.2, 0.25) is 0 Å². The Morgan fingerprint density at radius 3 is 2.48 bits per heavy atom. The standard InChI is InChI=1S/C19H26N4O5.ClH/c1-13-18(26)23(15-6-8-20-9-7-15)11-10-22(13)19(27)21-14-2-4-16(5-3-14)28-12-17(24)25;/h2-5,13,15,20H,6-12H2,1H3,(H,21,27)(H,24,25);1H. The summed E-state index contributed by atoms with van der Waals surface area (Å²) in [6.45, 7) is 4.20. The molecule has 3 amide bonds. The van der Waals surface area contributed by atoms with E-state index in [1.165, 1.54) is 0 Å². The zero-order valence-electron chi connectivity index (χ0n) is 16.3. The third-order valence-corrected chi connectivity index (χ3v) is 5.17. The van der Waals surface area contributed by atoms with Crippen LogP contribution < -0.4 is 15.4 Å². The first-order chi connectivity index (χ1) is 13.5. The lowest BCUT2D eigenvalue weighted by molar-refractivity contribution is -0.142. The molecule has 1 unspecified atom stereocenters. The number of halogens is 1. The van der Waals surface area contributed by atoms with Crippen molar-refractivity contribution in [3.05, 3.63) is 24.3 Å². The van der Waals surface area contributed by atoms with Gasteiger partial charge in [0.25, 0.3) is 0 Å². The summed E-state index contributed by atoms with van der Waals surface area (Å²) >= 11 is 0. The van der Waals surface area contributed by atoms with Crippen molar-refractivity contribution in [1.82, 2.24) is 15.1 Å². The lowest BCUT2D eigenvalue weighted by atomic mass is 10.0. The van der Waals surface area contributed by atoms with E-state index in [1.807, 2.05) is 4.90 Å². The molecular weight excluding hydrogens is 400 g/mol. The molecule has 3 N–H and O–H groups in total. The smallest absolute Gasteiger partial charge is 0.341 e. The van der Waals surface area contributed by atoms with E-state index in [4.69, 9.17) is 9.84 Å². The molecule has 160 valence electrons. The van der Waals surface area contributed by atoms with Crippen molar-refractivity contribution >= 4 is 36.0 Å². The number of piperidine rings is 1. The molecule has 29 heavy (non-hydrogen) atoms. The quantitative estimate of drug-likeness (QED) is 0.656. The Hall–Kier alpha value is -2.52. The number of carbonyl (C=O) groups is 3. The number of nitrogens with zero attached hydrogens (tertiary/aromatic N) is 2. The summed E-state index contributed by atoms with van der Waals surface area (Å²) in [6, 6.07) is 5.84. The summed E-state index contributed by atoms with van der Waals surface area (Å²) in [5.74, 6) is -0.662. The Morgan fingerprint density at radius 2 is 1.86 bits per heavy atom. The average Bonchev–Trinajstić information content (AvgIpc) is 2.70. The molecule has 0 radical (unpaired) electrons. The molecule has 3 rings (SSSR count). The first-order valence-electron chi connectivity index (χ1n) is 9.49. The van der Waals surface area contributed by atoms with E-state index in [2.05, 4.69) is 10.6 Å². The number of anilines is 1. The number of carbonyl (C=O) groups excluding carboxylic acids is 2. The Morgan fingerprint density at radius 1 is 1.21 bits per heavy atom. The van der Waals surface area contributed by atoms with Gasteiger partial charge in [0.15, 0.2) is 6.61 Å². The number of urea groups is 1. The Balaban J connectivity index is 0.00000300. The van der Waals surface area contributed by atoms with Crippen LogP contribution in [0.25, 0.3) is 0 Å². The second-order valence-corrected chi connectivity index (χ2v) is 7.02. The minimum atomic E-state index is -1.06. The van der Waals surface area contributed by atoms with Crippen molar-refractivity contribution in [3.63, 3.8) is 0 Å². The number of hydrogen-bond acceptors (Lipinski definition) is 5. The maximum absolute atomic E-state index is 12.8. The molecule has 2 fully saturated rings. The lowest BCUT2D eigenvalue weighted by Gasteiger charge is -2.43. The first kappa shape index (κ1) is 22.8. The molecule has 1 aromatic carbocycles. The molecule has 0 saturated carbocycles. The van der Waals surface area contributed by atoms with E-state index < -0.39 is 18.6 Å². The highest BCUT2D eigenvalue weighted by Crippen LogP contribution is 2.21. The van der Waals surface area contributed by atoms with Crippen molar-refractivity contribution in [2.24, 2.45) is 0 Å². The number of carboxylic acids is 1. The highest BCUT2D eigenvalue weighted by molar-refractivity contribution is 5.94. The third kappa shape index (κ3) is 5.74. The summed E-state index contributed by atoms with van der Waals surface area (Å²) in [4.78, 5) is 39.4. The van der Waals surface area contributed by atoms with Crippen molar-refractivity contribution in [1.29, 1.82) is 0 Å². The number of hydrogen-bond donors (Lipinski definition) is 3. The number of rotatable bonds is 5. The first-order valence-corrected chi connectivity index (χ1v) is 9.49. The molecule has 0 aliphatic carbocycles. The van der Waals surface area contributed by atoms with E-state index in [1.54, 1.807) is 36.1 Å². The normalized spacial score (nSPS) is 20.0. The van der Waals surface area contributed by atoms with Gasteiger partial charge in [-0.05, 0) is 57.1 Å². The zero-order valence-corrected chi connectivity index (χ0v) is 17.1. The lowest BCUT2D eigenvalue weighted by Crippen LogP contribution is -2.61. The molecule has 10 heteroatoms. The molecule has 9 nitrogen and oxygen atoms in total. The van der Waals surface area contributed by atoms with Crippen LogP contribution in [0.3, 0.4) is 0 Å². The molecule has 2 heterocycles. The van der Waals surface area contributed by atoms with E-state index >= 15 is 0 Å². The summed E-state index contributed by atoms with van der Waals surface area (Å²) in [5, 5.41) is 14.7. The number of carboxylic acid groups (broad SMARTS) is 1. The summed E-state index contributed by atoms with van der Waals surface area (Å²) in [7, 11) is 0. The van der Waals surface area contributed by atoms with Gasteiger partial charge in [-0.2, -0.15) is 0 Å². The van der Waals surface area contributed by atoms with Gasteiger partial charge in [0.05, 0.1) is 0 Å². The van der Waals surface area contributed by atoms with Gasteiger partial charge >= 0.3 is 12.0 Å². The summed E-state index contributed by atoms with van der Waals surface area (Å²) in [6.07, 6.45) is 1.89. The van der Waals surface area contributed by atoms with E-state index in [0.29, 0.717) is 24.5 Å². The Bertz CT molecular complexity index is 724. The zero-order chi connectivity index (χ0) is 20.1. The molecule has 1 aromatic rings. The molecule has 0 aromatic heterocycles. The molecule has 2 aliphatic rings. The third-order valence-electron chi connectivity index (χ3n) is 5.17. The van der Waals surface area contributed by atoms with Crippen LogP contribution in [-0.4, -0.2) is 77.7 Å². The van der Waals surface area contributed by atoms with Crippen molar-refractivity contribution < 1.29 is 24.2 Å². The van der Waals surface area contributed by atoms with Gasteiger partial charge in [-0.25, -0.2) is 9.59 Å². The highest BCUT2D eigenvalue weighted by Gasteiger charge is 2.37. The van der Waals surface area contributed by atoms with Crippen LogP contribution >= 0.6 is 12.4 Å². The maximum Gasteiger partial charge on any atom is 0.341 e. The number of amides is 3. The van der Waals surface area contributed by atoms with Crippen LogP contribution in [0, 0.1) is 0 Å². The van der Waals surface area contributed by atoms with Gasteiger partial charge in [-0.15, -0.1) is 12.4 Å². The molecule has 1 atom stereocenters. The van der Waals surface area contributed by atoms with Crippen LogP contribution in [0.5, 0.6) is 5.75 Å². The fourth-order valence-corrected chi connectivity index (χ4v) is 3.63. The SMILES string of the molecule is CC1C(=O)N(C2CCNCC2)CCN1C(=O)Nc1ccc(OCC(=O)O)cc1.Cl. The average molecular weight is 427 g/mol. The van der Waals surface area contributed by atoms with E-state index in [9.17, 15) is 14.4 Å². The molecular formula is C19H27ClN4O5. The van der Waals surface area contributed by atoms with E-state index in [-0.39, 0.29) is 30.4 Å². The number of benzene rings is 1. The second kappa shape index (κ2) is 10.3. The van der Waals surface area contributed by atoms with Crippen LogP contribution in [0.15, 0.2) is 24.3 Å². The predicted molar refractivity (Wildman–Crippen MR) is 110 cm³/mol.